The number of imide groups is 1. The van der Waals surface area contributed by atoms with Gasteiger partial charge in [-0.05, 0) is 43.4 Å². The Bertz CT molecular complexity index is 962. The molecule has 1 aliphatic rings. The van der Waals surface area contributed by atoms with Crippen LogP contribution in [-0.2, 0) is 30.5 Å². The van der Waals surface area contributed by atoms with Gasteiger partial charge in [0.05, 0.1) is 0 Å². The molecule has 0 unspecified atom stereocenters. The van der Waals surface area contributed by atoms with E-state index < -0.39 is 18.0 Å². The topological polar surface area (TPSA) is 137 Å². The Morgan fingerprint density at radius 3 is 2.11 bits per heavy atom. The third-order valence-corrected chi connectivity index (χ3v) is 6.08. The highest BCUT2D eigenvalue weighted by atomic mass is 127. The number of nitrogens with zero attached hydrogens (tertiary/aromatic N) is 1. The summed E-state index contributed by atoms with van der Waals surface area (Å²) in [5, 5.41) is 8.22. The van der Waals surface area contributed by atoms with E-state index in [0.29, 0.717) is 38.0 Å². The van der Waals surface area contributed by atoms with Crippen LogP contribution in [0.4, 0.5) is 5.69 Å². The lowest BCUT2D eigenvalue weighted by molar-refractivity contribution is -0.137. The van der Waals surface area contributed by atoms with Crippen LogP contribution >= 0.6 is 22.9 Å². The number of nitrogens with one attached hydrogen (secondary N) is 4. The number of benzene rings is 1. The third kappa shape index (κ3) is 9.34. The zero-order valence-electron chi connectivity index (χ0n) is 20.8. The van der Waals surface area contributed by atoms with Gasteiger partial charge in [-0.1, -0.05) is 32.4 Å². The molecule has 10 nitrogen and oxygen atoms in total. The number of carbonyl (C=O) groups is 5. The van der Waals surface area contributed by atoms with Crippen LogP contribution in [0.5, 0.6) is 0 Å². The fourth-order valence-electron chi connectivity index (χ4n) is 3.57. The average molecular weight is 611 g/mol. The number of carbonyl (C=O) groups excluding carboxylic acids is 5. The maximum absolute atomic E-state index is 12.8. The molecule has 0 radical (unpaired) electrons. The Morgan fingerprint density at radius 2 is 1.53 bits per heavy atom. The second-order valence-electron chi connectivity index (χ2n) is 8.99. The number of amides is 5. The number of hydrogen-bond donors (Lipinski definition) is 4. The predicted molar refractivity (Wildman–Crippen MR) is 145 cm³/mol. The first kappa shape index (κ1) is 29.4. The molecule has 0 spiro atoms. The zero-order valence-corrected chi connectivity index (χ0v) is 23.0. The van der Waals surface area contributed by atoms with E-state index in [4.69, 9.17) is 0 Å². The summed E-state index contributed by atoms with van der Waals surface area (Å²) in [5.74, 6) is -1.85. The molecule has 0 aromatic heterocycles. The highest BCUT2D eigenvalue weighted by Gasteiger charge is 2.27. The molecule has 1 aliphatic heterocycles. The van der Waals surface area contributed by atoms with Crippen LogP contribution in [0.15, 0.2) is 36.4 Å². The summed E-state index contributed by atoms with van der Waals surface area (Å²) in [6.07, 6.45) is 4.55. The van der Waals surface area contributed by atoms with Crippen LogP contribution in [0.2, 0.25) is 0 Å². The minimum absolute atomic E-state index is 0.178. The first-order valence-corrected chi connectivity index (χ1v) is 13.1. The van der Waals surface area contributed by atoms with Crippen molar-refractivity contribution >= 4 is 58.1 Å². The molecule has 196 valence electrons. The number of anilines is 1. The van der Waals surface area contributed by atoms with Crippen molar-refractivity contribution in [1.29, 1.82) is 0 Å². The van der Waals surface area contributed by atoms with Gasteiger partial charge in [0.25, 0.3) is 11.8 Å². The molecule has 1 aromatic carbocycles. The lowest BCUT2D eigenvalue weighted by Crippen LogP contribution is -2.53. The SMILES string of the molecule is CC(C)[C@H](NC(=O)CCCCCN1C(=O)C=CC1=O)C(=O)N[C@@H](C)C(=O)Nc1ccc(CNI)cc1. The standard InChI is InChI=1S/C25H34IN5O5/c1-16(2)23(30-20(32)7-5-4-6-14-31-21(33)12-13-22(31)34)25(36)28-17(3)24(35)29-19-10-8-18(9-11-19)15-27-26/h8-13,16-17,23,27H,4-7,14-15H2,1-3H3,(H,28,36)(H,29,35)(H,30,32)/t17-,23-/m0/s1. The summed E-state index contributed by atoms with van der Waals surface area (Å²) in [4.78, 5) is 62.0. The van der Waals surface area contributed by atoms with Gasteiger partial charge in [0.15, 0.2) is 0 Å². The number of rotatable bonds is 14. The molecule has 4 N–H and O–H groups in total. The molecule has 0 aliphatic carbocycles. The summed E-state index contributed by atoms with van der Waals surface area (Å²) in [6, 6.07) is 5.82. The van der Waals surface area contributed by atoms with E-state index in [1.54, 1.807) is 19.1 Å². The Balaban J connectivity index is 1.75. The van der Waals surface area contributed by atoms with Crippen LogP contribution in [-0.4, -0.2) is 53.1 Å². The van der Waals surface area contributed by atoms with Crippen molar-refractivity contribution < 1.29 is 24.0 Å². The molecule has 0 saturated carbocycles. The molecule has 0 fully saturated rings. The van der Waals surface area contributed by atoms with Crippen LogP contribution in [0.25, 0.3) is 0 Å². The van der Waals surface area contributed by atoms with E-state index in [0.717, 1.165) is 5.56 Å². The summed E-state index contributed by atoms with van der Waals surface area (Å²) >= 11 is 2.06. The quantitative estimate of drug-likeness (QED) is 0.110. The monoisotopic (exact) mass is 611 g/mol. The van der Waals surface area contributed by atoms with Gasteiger partial charge < -0.3 is 16.0 Å². The van der Waals surface area contributed by atoms with E-state index in [9.17, 15) is 24.0 Å². The fraction of sp³-hybridized carbons (Fsp3) is 0.480. The number of unbranched alkanes of at least 4 members (excludes halogenated alkanes) is 2. The second-order valence-corrected chi connectivity index (χ2v) is 9.75. The van der Waals surface area contributed by atoms with Crippen molar-refractivity contribution in [1.82, 2.24) is 19.1 Å². The maximum atomic E-state index is 12.8. The Hall–Kier alpha value is -2.80. The van der Waals surface area contributed by atoms with Gasteiger partial charge in [0.1, 0.15) is 12.1 Å². The van der Waals surface area contributed by atoms with Crippen LogP contribution in [0.3, 0.4) is 0 Å². The first-order chi connectivity index (χ1) is 17.1. The molecule has 2 atom stereocenters. The fourth-order valence-corrected chi connectivity index (χ4v) is 4.01. The van der Waals surface area contributed by atoms with Crippen molar-refractivity contribution in [3.05, 3.63) is 42.0 Å². The number of halogens is 1. The van der Waals surface area contributed by atoms with Gasteiger partial charge in [-0.2, -0.15) is 0 Å². The lowest BCUT2D eigenvalue weighted by atomic mass is 10.0. The van der Waals surface area contributed by atoms with Gasteiger partial charge in [-0.25, -0.2) is 0 Å². The first-order valence-electron chi connectivity index (χ1n) is 12.0. The Kier molecular flexibility index (Phi) is 12.0. The van der Waals surface area contributed by atoms with Crippen LogP contribution in [0.1, 0.15) is 52.0 Å². The molecule has 11 heteroatoms. The van der Waals surface area contributed by atoms with Crippen molar-refractivity contribution in [3.63, 3.8) is 0 Å². The molecule has 5 amide bonds. The van der Waals surface area contributed by atoms with Crippen LogP contribution in [0, 0.1) is 5.92 Å². The molecule has 0 saturated heterocycles. The van der Waals surface area contributed by atoms with E-state index in [2.05, 4.69) is 42.3 Å². The van der Waals surface area contributed by atoms with Gasteiger partial charge in [0.2, 0.25) is 17.7 Å². The molecule has 36 heavy (non-hydrogen) atoms. The van der Waals surface area contributed by atoms with Crippen molar-refractivity contribution in [2.45, 2.75) is 65.1 Å². The van der Waals surface area contributed by atoms with Gasteiger partial charge >= 0.3 is 0 Å². The summed E-state index contributed by atoms with van der Waals surface area (Å²) in [6.45, 7) is 6.26. The van der Waals surface area contributed by atoms with Gasteiger partial charge in [0, 0.05) is 60.2 Å². The molecular weight excluding hydrogens is 577 g/mol. The highest BCUT2D eigenvalue weighted by Crippen LogP contribution is 2.11. The minimum Gasteiger partial charge on any atom is -0.344 e. The third-order valence-electron chi connectivity index (χ3n) is 5.70. The van der Waals surface area contributed by atoms with Crippen molar-refractivity contribution in [2.75, 3.05) is 11.9 Å². The molecule has 2 rings (SSSR count). The van der Waals surface area contributed by atoms with Gasteiger partial charge in [-0.3, -0.25) is 32.4 Å². The number of hydrogen-bond acceptors (Lipinski definition) is 6. The highest BCUT2D eigenvalue weighted by molar-refractivity contribution is 14.1. The largest absolute Gasteiger partial charge is 0.344 e. The second kappa shape index (κ2) is 14.7. The van der Waals surface area contributed by atoms with E-state index in [1.807, 2.05) is 26.0 Å². The Morgan fingerprint density at radius 1 is 0.889 bits per heavy atom. The molecule has 0 bridgehead atoms. The summed E-state index contributed by atoms with van der Waals surface area (Å²) in [7, 11) is 0. The predicted octanol–water partition coefficient (Wildman–Crippen LogP) is 2.20. The van der Waals surface area contributed by atoms with Gasteiger partial charge in [-0.15, -0.1) is 0 Å². The van der Waals surface area contributed by atoms with E-state index >= 15 is 0 Å². The smallest absolute Gasteiger partial charge is 0.253 e. The summed E-state index contributed by atoms with van der Waals surface area (Å²) < 4.78 is 3.03. The van der Waals surface area contributed by atoms with Crippen LogP contribution < -0.4 is 19.5 Å². The zero-order chi connectivity index (χ0) is 26.7. The molecule has 1 heterocycles. The summed E-state index contributed by atoms with van der Waals surface area (Å²) in [5.41, 5.74) is 1.70. The normalized spacial score (nSPS) is 14.6. The molecule has 1 aromatic rings. The minimum atomic E-state index is -0.795. The average Bonchev–Trinajstić information content (AvgIpc) is 3.15. The Labute approximate surface area is 225 Å². The van der Waals surface area contributed by atoms with Crippen molar-refractivity contribution in [2.24, 2.45) is 5.92 Å². The maximum Gasteiger partial charge on any atom is 0.253 e. The lowest BCUT2D eigenvalue weighted by Gasteiger charge is -2.24. The van der Waals surface area contributed by atoms with E-state index in [1.165, 1.54) is 17.1 Å². The van der Waals surface area contributed by atoms with Crippen molar-refractivity contribution in [3.8, 4) is 0 Å². The molecular formula is C25H34IN5O5. The van der Waals surface area contributed by atoms with E-state index in [-0.39, 0.29) is 36.0 Å².